The third-order valence-electron chi connectivity index (χ3n) is 3.14. The predicted molar refractivity (Wildman–Crippen MR) is 76.8 cm³/mol. The molecule has 3 nitrogen and oxygen atoms in total. The van der Waals surface area contributed by atoms with Gasteiger partial charge in [-0.1, -0.05) is 17.7 Å². The van der Waals surface area contributed by atoms with Crippen LogP contribution in [0.3, 0.4) is 0 Å². The number of aryl methyl sites for hydroxylation is 2. The molecule has 0 atom stereocenters. The molecule has 0 aliphatic heterocycles. The highest BCUT2D eigenvalue weighted by atomic mass is 16.5. The van der Waals surface area contributed by atoms with Crippen LogP contribution in [0.25, 0.3) is 0 Å². The van der Waals surface area contributed by atoms with E-state index < -0.39 is 0 Å². The second-order valence-electron chi connectivity index (χ2n) is 4.60. The van der Waals surface area contributed by atoms with Crippen LogP contribution in [0.4, 0.5) is 5.69 Å². The topological polar surface area (TPSA) is 52.3 Å². The molecule has 98 valence electrons. The Labute approximate surface area is 113 Å². The minimum atomic E-state index is -0.0717. The van der Waals surface area contributed by atoms with E-state index in [-0.39, 0.29) is 5.78 Å². The highest BCUT2D eigenvalue weighted by Crippen LogP contribution is 2.24. The van der Waals surface area contributed by atoms with Crippen LogP contribution in [0.1, 0.15) is 27.0 Å². The van der Waals surface area contributed by atoms with Gasteiger partial charge in [0.05, 0.1) is 7.11 Å². The lowest BCUT2D eigenvalue weighted by atomic mass is 9.96. The smallest absolute Gasteiger partial charge is 0.195 e. The molecular weight excluding hydrogens is 238 g/mol. The molecule has 0 saturated heterocycles. The van der Waals surface area contributed by atoms with Gasteiger partial charge in [-0.25, -0.2) is 0 Å². The van der Waals surface area contributed by atoms with Gasteiger partial charge in [0, 0.05) is 16.8 Å². The number of nitrogen functional groups attached to an aromatic ring is 1. The largest absolute Gasteiger partial charge is 0.497 e. The van der Waals surface area contributed by atoms with Crippen molar-refractivity contribution in [1.29, 1.82) is 0 Å². The van der Waals surface area contributed by atoms with Gasteiger partial charge in [0.1, 0.15) is 5.75 Å². The van der Waals surface area contributed by atoms with E-state index in [0.717, 1.165) is 11.1 Å². The van der Waals surface area contributed by atoms with Crippen molar-refractivity contribution in [3.63, 3.8) is 0 Å². The van der Waals surface area contributed by atoms with Gasteiger partial charge in [0.2, 0.25) is 0 Å². The molecule has 0 aliphatic carbocycles. The summed E-state index contributed by atoms with van der Waals surface area (Å²) >= 11 is 0. The standard InChI is InChI=1S/C16H17NO2/c1-10-4-5-11(2)13(8-10)16(18)14-9-12(19-3)6-7-15(14)17/h4-9H,17H2,1-3H3. The SMILES string of the molecule is COc1ccc(N)c(C(=O)c2cc(C)ccc2C)c1. The Morgan fingerprint density at radius 2 is 1.79 bits per heavy atom. The molecule has 0 aliphatic rings. The Bertz CT molecular complexity index is 633. The monoisotopic (exact) mass is 255 g/mol. The van der Waals surface area contributed by atoms with Crippen molar-refractivity contribution in [3.05, 3.63) is 58.7 Å². The van der Waals surface area contributed by atoms with Crippen LogP contribution in [0.15, 0.2) is 36.4 Å². The molecule has 3 heteroatoms. The molecule has 2 N–H and O–H groups in total. The highest BCUT2D eigenvalue weighted by molar-refractivity contribution is 6.13. The number of ketones is 1. The van der Waals surface area contributed by atoms with Gasteiger partial charge in [0.25, 0.3) is 0 Å². The van der Waals surface area contributed by atoms with E-state index in [1.807, 2.05) is 32.0 Å². The van der Waals surface area contributed by atoms with Crippen LogP contribution >= 0.6 is 0 Å². The molecule has 19 heavy (non-hydrogen) atoms. The van der Waals surface area contributed by atoms with Crippen LogP contribution in [0.5, 0.6) is 5.75 Å². The van der Waals surface area contributed by atoms with E-state index in [4.69, 9.17) is 10.5 Å². The second kappa shape index (κ2) is 5.14. The highest BCUT2D eigenvalue weighted by Gasteiger charge is 2.15. The van der Waals surface area contributed by atoms with Gasteiger partial charge in [-0.3, -0.25) is 4.79 Å². The predicted octanol–water partition coefficient (Wildman–Crippen LogP) is 3.13. The molecule has 0 radical (unpaired) electrons. The fourth-order valence-electron chi connectivity index (χ4n) is 1.98. The number of hydrogen-bond donors (Lipinski definition) is 1. The normalized spacial score (nSPS) is 10.3. The third kappa shape index (κ3) is 2.60. The molecule has 0 unspecified atom stereocenters. The first kappa shape index (κ1) is 13.1. The first-order valence-corrected chi connectivity index (χ1v) is 6.08. The Balaban J connectivity index is 2.52. The average Bonchev–Trinajstić information content (AvgIpc) is 2.41. The molecule has 0 heterocycles. The molecule has 0 saturated carbocycles. The summed E-state index contributed by atoms with van der Waals surface area (Å²) in [5.41, 5.74) is 9.51. The number of ether oxygens (including phenoxy) is 1. The van der Waals surface area contributed by atoms with Gasteiger partial charge < -0.3 is 10.5 Å². The lowest BCUT2D eigenvalue weighted by Gasteiger charge is -2.10. The molecule has 2 aromatic rings. The summed E-state index contributed by atoms with van der Waals surface area (Å²) in [5.74, 6) is 0.556. The van der Waals surface area contributed by atoms with E-state index in [0.29, 0.717) is 22.6 Å². The van der Waals surface area contributed by atoms with Gasteiger partial charge in [0.15, 0.2) is 5.78 Å². The number of rotatable bonds is 3. The van der Waals surface area contributed by atoms with Crippen molar-refractivity contribution in [2.45, 2.75) is 13.8 Å². The maximum Gasteiger partial charge on any atom is 0.195 e. The lowest BCUT2D eigenvalue weighted by Crippen LogP contribution is -2.07. The van der Waals surface area contributed by atoms with Crippen LogP contribution in [0, 0.1) is 13.8 Å². The lowest BCUT2D eigenvalue weighted by molar-refractivity contribution is 0.103. The number of anilines is 1. The van der Waals surface area contributed by atoms with Gasteiger partial charge in [-0.05, 0) is 43.7 Å². The summed E-state index contributed by atoms with van der Waals surface area (Å²) in [6.45, 7) is 3.88. The Morgan fingerprint density at radius 1 is 1.05 bits per heavy atom. The van der Waals surface area contributed by atoms with E-state index in [1.54, 1.807) is 25.3 Å². The Hall–Kier alpha value is -2.29. The minimum Gasteiger partial charge on any atom is -0.497 e. The minimum absolute atomic E-state index is 0.0717. The number of carbonyl (C=O) groups excluding carboxylic acids is 1. The first-order valence-electron chi connectivity index (χ1n) is 6.08. The summed E-state index contributed by atoms with van der Waals surface area (Å²) in [5, 5.41) is 0. The zero-order valence-corrected chi connectivity index (χ0v) is 11.4. The molecule has 0 aromatic heterocycles. The van der Waals surface area contributed by atoms with Gasteiger partial charge >= 0.3 is 0 Å². The van der Waals surface area contributed by atoms with Crippen LogP contribution in [0.2, 0.25) is 0 Å². The van der Waals surface area contributed by atoms with Crippen molar-refractivity contribution in [2.24, 2.45) is 0 Å². The number of carbonyl (C=O) groups is 1. The quantitative estimate of drug-likeness (QED) is 0.677. The molecule has 0 amide bonds. The van der Waals surface area contributed by atoms with E-state index in [1.165, 1.54) is 0 Å². The summed E-state index contributed by atoms with van der Waals surface area (Å²) in [6, 6.07) is 10.9. The third-order valence-corrected chi connectivity index (χ3v) is 3.14. The molecule has 2 aromatic carbocycles. The van der Waals surface area contributed by atoms with E-state index >= 15 is 0 Å². The average molecular weight is 255 g/mol. The molecular formula is C16H17NO2. The Kier molecular flexibility index (Phi) is 3.56. The number of benzene rings is 2. The van der Waals surface area contributed by atoms with Crippen LogP contribution in [-0.2, 0) is 0 Å². The van der Waals surface area contributed by atoms with Gasteiger partial charge in [-0.15, -0.1) is 0 Å². The van der Waals surface area contributed by atoms with E-state index in [9.17, 15) is 4.79 Å². The molecule has 0 bridgehead atoms. The fraction of sp³-hybridized carbons (Fsp3) is 0.188. The van der Waals surface area contributed by atoms with E-state index in [2.05, 4.69) is 0 Å². The van der Waals surface area contributed by atoms with Gasteiger partial charge in [-0.2, -0.15) is 0 Å². The maximum absolute atomic E-state index is 12.6. The zero-order valence-electron chi connectivity index (χ0n) is 11.4. The summed E-state index contributed by atoms with van der Waals surface area (Å²) in [6.07, 6.45) is 0. The summed E-state index contributed by atoms with van der Waals surface area (Å²) < 4.78 is 5.14. The van der Waals surface area contributed by atoms with Crippen molar-refractivity contribution in [1.82, 2.24) is 0 Å². The van der Waals surface area contributed by atoms with Crippen molar-refractivity contribution in [3.8, 4) is 5.75 Å². The molecule has 2 rings (SSSR count). The van der Waals surface area contributed by atoms with Crippen molar-refractivity contribution in [2.75, 3.05) is 12.8 Å². The van der Waals surface area contributed by atoms with Crippen LogP contribution in [-0.4, -0.2) is 12.9 Å². The second-order valence-corrected chi connectivity index (χ2v) is 4.60. The van der Waals surface area contributed by atoms with Crippen molar-refractivity contribution < 1.29 is 9.53 Å². The zero-order chi connectivity index (χ0) is 14.0. The molecule has 0 spiro atoms. The summed E-state index contributed by atoms with van der Waals surface area (Å²) in [7, 11) is 1.57. The summed E-state index contributed by atoms with van der Waals surface area (Å²) in [4.78, 5) is 12.6. The molecule has 0 fully saturated rings. The first-order chi connectivity index (χ1) is 9.02. The number of hydrogen-bond acceptors (Lipinski definition) is 3. The maximum atomic E-state index is 12.6. The van der Waals surface area contributed by atoms with Crippen LogP contribution < -0.4 is 10.5 Å². The fourth-order valence-corrected chi connectivity index (χ4v) is 1.98. The number of nitrogens with two attached hydrogens (primary N) is 1. The Morgan fingerprint density at radius 3 is 2.47 bits per heavy atom. The number of methoxy groups -OCH3 is 1. The van der Waals surface area contributed by atoms with Crippen molar-refractivity contribution >= 4 is 11.5 Å².